The van der Waals surface area contributed by atoms with Crippen LogP contribution in [0.15, 0.2) is 36.4 Å². The molecule has 4 rings (SSSR count). The van der Waals surface area contributed by atoms with Gasteiger partial charge in [-0.25, -0.2) is 0 Å². The van der Waals surface area contributed by atoms with Gasteiger partial charge in [-0.05, 0) is 42.2 Å². The number of aliphatic hydroxyl groups is 1. The number of hydrogen-bond donors (Lipinski definition) is 3. The number of nitrogens with one attached hydrogen (secondary N) is 2. The Balaban J connectivity index is 1.22. The first-order valence-corrected chi connectivity index (χ1v) is 11.8. The van der Waals surface area contributed by atoms with E-state index < -0.39 is 6.10 Å². The van der Waals surface area contributed by atoms with Crippen molar-refractivity contribution < 1.29 is 29.1 Å². The minimum Gasteiger partial charge on any atom is -0.490 e. The maximum Gasteiger partial charge on any atom is 0.231 e. The summed E-state index contributed by atoms with van der Waals surface area (Å²) in [5.41, 5.74) is 3.72. The van der Waals surface area contributed by atoms with Gasteiger partial charge in [0.25, 0.3) is 0 Å². The number of hydrogen-bond acceptors (Lipinski definition) is 4. The molecule has 0 amide bonds. The Kier molecular flexibility index (Phi) is 6.93. The van der Waals surface area contributed by atoms with E-state index in [1.54, 1.807) is 4.90 Å². The van der Waals surface area contributed by atoms with Crippen LogP contribution in [0.3, 0.4) is 0 Å². The van der Waals surface area contributed by atoms with Gasteiger partial charge in [-0.1, -0.05) is 38.5 Å². The number of ether oxygens (including phenoxy) is 3. The molecule has 1 fully saturated rings. The van der Waals surface area contributed by atoms with Crippen molar-refractivity contribution in [2.24, 2.45) is 0 Å². The van der Waals surface area contributed by atoms with Crippen molar-refractivity contribution in [1.82, 2.24) is 0 Å². The lowest BCUT2D eigenvalue weighted by molar-refractivity contribution is -1.02. The minimum absolute atomic E-state index is 0.00857. The monoisotopic (exact) mass is 442 g/mol. The van der Waals surface area contributed by atoms with E-state index in [0.29, 0.717) is 13.4 Å². The number of rotatable bonds is 7. The minimum atomic E-state index is -0.463. The molecule has 1 atom stereocenters. The van der Waals surface area contributed by atoms with Crippen molar-refractivity contribution in [2.75, 3.05) is 46.1 Å². The normalized spacial score (nSPS) is 21.4. The van der Waals surface area contributed by atoms with E-state index in [4.69, 9.17) is 14.2 Å². The van der Waals surface area contributed by atoms with E-state index in [1.807, 2.05) is 12.1 Å². The van der Waals surface area contributed by atoms with Crippen molar-refractivity contribution >= 4 is 0 Å². The lowest BCUT2D eigenvalue weighted by Gasteiger charge is -2.31. The maximum absolute atomic E-state index is 10.6. The molecule has 6 nitrogen and oxygen atoms in total. The van der Waals surface area contributed by atoms with Crippen LogP contribution in [0.1, 0.15) is 37.5 Å². The van der Waals surface area contributed by atoms with Gasteiger partial charge in [0.1, 0.15) is 57.7 Å². The highest BCUT2D eigenvalue weighted by Gasteiger charge is 2.26. The lowest BCUT2D eigenvalue weighted by Crippen LogP contribution is -3.28. The molecule has 2 aromatic carbocycles. The molecule has 2 heterocycles. The number of quaternary nitrogens is 2. The first-order chi connectivity index (χ1) is 15.3. The predicted octanol–water partition coefficient (Wildman–Crippen LogP) is 0.745. The molecule has 0 bridgehead atoms. The Morgan fingerprint density at radius 1 is 0.969 bits per heavy atom. The average Bonchev–Trinajstić information content (AvgIpc) is 3.21. The molecule has 32 heavy (non-hydrogen) atoms. The van der Waals surface area contributed by atoms with E-state index >= 15 is 0 Å². The van der Waals surface area contributed by atoms with Gasteiger partial charge >= 0.3 is 0 Å². The molecule has 0 spiro atoms. The van der Waals surface area contributed by atoms with Gasteiger partial charge in [0.05, 0.1) is 0 Å². The van der Waals surface area contributed by atoms with Crippen molar-refractivity contribution in [3.05, 3.63) is 53.1 Å². The second-order valence-electron chi connectivity index (χ2n) is 10.3. The van der Waals surface area contributed by atoms with Gasteiger partial charge in [-0.3, -0.25) is 0 Å². The Bertz CT molecular complexity index is 917. The second kappa shape index (κ2) is 9.69. The summed E-state index contributed by atoms with van der Waals surface area (Å²) in [5, 5.41) is 10.6. The molecule has 2 aromatic rings. The third-order valence-electron chi connectivity index (χ3n) is 6.45. The fourth-order valence-electron chi connectivity index (χ4n) is 4.61. The lowest BCUT2D eigenvalue weighted by atomic mass is 9.85. The van der Waals surface area contributed by atoms with Gasteiger partial charge in [0.15, 0.2) is 11.5 Å². The number of piperazine rings is 1. The zero-order chi connectivity index (χ0) is 22.7. The summed E-state index contributed by atoms with van der Waals surface area (Å²) in [5.74, 6) is 2.59. The molecule has 0 saturated carbocycles. The molecule has 0 aromatic heterocycles. The largest absolute Gasteiger partial charge is 0.490 e. The summed E-state index contributed by atoms with van der Waals surface area (Å²) in [6.45, 7) is 15.4. The van der Waals surface area contributed by atoms with Gasteiger partial charge in [-0.15, -0.1) is 0 Å². The molecule has 2 aliphatic rings. The van der Waals surface area contributed by atoms with Crippen LogP contribution >= 0.6 is 0 Å². The first kappa shape index (κ1) is 22.9. The zero-order valence-electron chi connectivity index (χ0n) is 19.9. The van der Waals surface area contributed by atoms with E-state index in [1.165, 1.54) is 21.6 Å². The average molecular weight is 443 g/mol. The van der Waals surface area contributed by atoms with Crippen LogP contribution in [0, 0.1) is 6.92 Å². The van der Waals surface area contributed by atoms with Gasteiger partial charge in [0, 0.05) is 5.56 Å². The summed E-state index contributed by atoms with van der Waals surface area (Å²) in [4.78, 5) is 3.03. The van der Waals surface area contributed by atoms with E-state index in [0.717, 1.165) is 56.5 Å². The SMILES string of the molecule is Cc1ccc(OC[C@H](O)C[NH+]2CC[NH+](Cc3ccc4c(c3)OCO4)CC2)c(C(C)(C)C)c1. The van der Waals surface area contributed by atoms with Crippen molar-refractivity contribution in [3.8, 4) is 17.2 Å². The van der Waals surface area contributed by atoms with E-state index in [9.17, 15) is 5.11 Å². The topological polar surface area (TPSA) is 56.8 Å². The van der Waals surface area contributed by atoms with E-state index in [2.05, 4.69) is 52.0 Å². The third-order valence-corrected chi connectivity index (χ3v) is 6.45. The van der Waals surface area contributed by atoms with Crippen LogP contribution in [-0.4, -0.2) is 57.3 Å². The molecular weight excluding hydrogens is 404 g/mol. The van der Waals surface area contributed by atoms with Gasteiger partial charge < -0.3 is 29.1 Å². The summed E-state index contributed by atoms with van der Waals surface area (Å²) in [6.07, 6.45) is -0.463. The van der Waals surface area contributed by atoms with Gasteiger partial charge in [0.2, 0.25) is 6.79 Å². The molecule has 0 aliphatic carbocycles. The number of aryl methyl sites for hydroxylation is 1. The molecule has 174 valence electrons. The molecule has 0 radical (unpaired) electrons. The highest BCUT2D eigenvalue weighted by Crippen LogP contribution is 2.33. The van der Waals surface area contributed by atoms with Crippen LogP contribution in [0.2, 0.25) is 0 Å². The fourth-order valence-corrected chi connectivity index (χ4v) is 4.61. The zero-order valence-corrected chi connectivity index (χ0v) is 19.9. The number of fused-ring (bicyclic) bond motifs is 1. The molecule has 6 heteroatoms. The van der Waals surface area contributed by atoms with Crippen LogP contribution in [0.25, 0.3) is 0 Å². The second-order valence-corrected chi connectivity index (χ2v) is 10.3. The standard InChI is InChI=1S/C26H36N2O4/c1-19-5-7-23(22(13-19)26(2,3)4)30-17-21(29)16-28-11-9-27(10-12-28)15-20-6-8-24-25(14-20)32-18-31-24/h5-8,13-14,21,29H,9-12,15-18H2,1-4H3/p+2/t21-/m1/s1. The Labute approximate surface area is 191 Å². The fraction of sp³-hybridized carbons (Fsp3) is 0.538. The molecule has 0 unspecified atom stereocenters. The Hall–Kier alpha value is -2.28. The third kappa shape index (κ3) is 5.74. The Morgan fingerprint density at radius 2 is 1.69 bits per heavy atom. The summed E-state index contributed by atoms with van der Waals surface area (Å²) >= 11 is 0. The highest BCUT2D eigenvalue weighted by atomic mass is 16.7. The maximum atomic E-state index is 10.6. The van der Waals surface area contributed by atoms with Gasteiger partial charge in [-0.2, -0.15) is 0 Å². The van der Waals surface area contributed by atoms with E-state index in [-0.39, 0.29) is 5.41 Å². The molecular formula is C26H38N2O4+2. The summed E-state index contributed by atoms with van der Waals surface area (Å²) in [7, 11) is 0. The van der Waals surface area contributed by atoms with Crippen molar-refractivity contribution in [3.63, 3.8) is 0 Å². The predicted molar refractivity (Wildman–Crippen MR) is 124 cm³/mol. The highest BCUT2D eigenvalue weighted by molar-refractivity contribution is 5.44. The van der Waals surface area contributed by atoms with Crippen LogP contribution in [0.4, 0.5) is 0 Å². The van der Waals surface area contributed by atoms with Crippen molar-refractivity contribution in [2.45, 2.75) is 45.8 Å². The first-order valence-electron chi connectivity index (χ1n) is 11.8. The molecule has 2 aliphatic heterocycles. The van der Waals surface area contributed by atoms with Crippen molar-refractivity contribution in [1.29, 1.82) is 0 Å². The smallest absolute Gasteiger partial charge is 0.231 e. The molecule has 3 N–H and O–H groups in total. The quantitative estimate of drug-likeness (QED) is 0.592. The summed E-state index contributed by atoms with van der Waals surface area (Å²) in [6, 6.07) is 12.5. The Morgan fingerprint density at radius 3 is 2.44 bits per heavy atom. The van der Waals surface area contributed by atoms with Crippen LogP contribution in [-0.2, 0) is 12.0 Å². The summed E-state index contributed by atoms with van der Waals surface area (Å²) < 4.78 is 17.0. The molecule has 1 saturated heterocycles. The van der Waals surface area contributed by atoms with Crippen LogP contribution < -0.4 is 24.0 Å². The number of benzene rings is 2. The van der Waals surface area contributed by atoms with Crippen LogP contribution in [0.5, 0.6) is 17.2 Å². The number of aliphatic hydroxyl groups excluding tert-OH is 1.